The fourth-order valence-electron chi connectivity index (χ4n) is 1.84. The van der Waals surface area contributed by atoms with Gasteiger partial charge in [0.25, 0.3) is 0 Å². The fourth-order valence-corrected chi connectivity index (χ4v) is 2.59. The molecule has 0 saturated heterocycles. The van der Waals surface area contributed by atoms with E-state index in [1.165, 1.54) is 18.0 Å². The van der Waals surface area contributed by atoms with Gasteiger partial charge in [0.2, 0.25) is 0 Å². The van der Waals surface area contributed by atoms with Crippen molar-refractivity contribution in [3.8, 4) is 11.5 Å². The summed E-state index contributed by atoms with van der Waals surface area (Å²) in [6.45, 7) is 1.34. The zero-order chi connectivity index (χ0) is 14.7. The zero-order valence-electron chi connectivity index (χ0n) is 11.2. The lowest BCUT2D eigenvalue weighted by Gasteiger charge is -2.08. The molecule has 7 heteroatoms. The number of hydrogen-bond acceptors (Lipinski definition) is 6. The minimum absolute atomic E-state index is 0.0883. The maximum atomic E-state index is 7.29. The molecule has 1 aliphatic heterocycles. The molecule has 1 aromatic heterocycles. The second-order valence-electron chi connectivity index (χ2n) is 4.41. The lowest BCUT2D eigenvalue weighted by Crippen LogP contribution is -2.13. The van der Waals surface area contributed by atoms with Crippen LogP contribution in [0.3, 0.4) is 0 Å². The molecule has 3 N–H and O–H groups in total. The van der Waals surface area contributed by atoms with E-state index in [1.54, 1.807) is 6.20 Å². The molecule has 3 rings (SSSR count). The number of fused-ring (bicyclic) bond motifs is 1. The van der Waals surface area contributed by atoms with E-state index in [4.69, 9.17) is 20.6 Å². The molecule has 21 heavy (non-hydrogen) atoms. The monoisotopic (exact) mass is 302 g/mol. The molecule has 0 amide bonds. The van der Waals surface area contributed by atoms with Gasteiger partial charge >= 0.3 is 0 Å². The number of nitrogens with zero attached hydrogens (tertiary/aromatic N) is 2. The molecule has 2 heterocycles. The minimum Gasteiger partial charge on any atom is -0.490 e. The summed E-state index contributed by atoms with van der Waals surface area (Å²) in [5, 5.41) is 8.02. The summed E-state index contributed by atoms with van der Waals surface area (Å²) < 4.78 is 11.3. The second-order valence-corrected chi connectivity index (χ2v) is 5.51. The smallest absolute Gasteiger partial charge is 0.162 e. The van der Waals surface area contributed by atoms with Gasteiger partial charge in [-0.25, -0.2) is 9.97 Å². The van der Waals surface area contributed by atoms with Crippen LogP contribution in [0.25, 0.3) is 0 Å². The first-order valence-corrected chi connectivity index (χ1v) is 7.28. The van der Waals surface area contributed by atoms with Gasteiger partial charge in [0.15, 0.2) is 11.5 Å². The average Bonchev–Trinajstić information content (AvgIpc) is 2.72. The third-order valence-corrected chi connectivity index (χ3v) is 3.76. The summed E-state index contributed by atoms with van der Waals surface area (Å²) in [7, 11) is 0. The highest BCUT2D eigenvalue weighted by Gasteiger charge is 2.11. The van der Waals surface area contributed by atoms with Crippen LogP contribution in [0.1, 0.15) is 12.1 Å². The summed E-state index contributed by atoms with van der Waals surface area (Å²) >= 11 is 1.47. The fraction of sp³-hybridized carbons (Fsp3) is 0.214. The molecular formula is C14H14N4O2S. The highest BCUT2D eigenvalue weighted by atomic mass is 32.2. The Balaban J connectivity index is 1.78. The normalized spacial score (nSPS) is 13.5. The van der Waals surface area contributed by atoms with Gasteiger partial charge < -0.3 is 15.2 Å². The first kappa shape index (κ1) is 13.7. The minimum atomic E-state index is -0.0883. The Morgan fingerprint density at radius 3 is 2.67 bits per heavy atom. The van der Waals surface area contributed by atoms with Crippen LogP contribution in [0.5, 0.6) is 11.5 Å². The summed E-state index contributed by atoms with van der Waals surface area (Å²) in [6.07, 6.45) is 3.98. The molecule has 108 valence electrons. The summed E-state index contributed by atoms with van der Waals surface area (Å²) in [5.74, 6) is 1.44. The Labute approximate surface area is 126 Å². The number of nitrogens with one attached hydrogen (secondary N) is 1. The zero-order valence-corrected chi connectivity index (χ0v) is 12.0. The van der Waals surface area contributed by atoms with Crippen molar-refractivity contribution in [1.82, 2.24) is 9.97 Å². The Kier molecular flexibility index (Phi) is 3.92. The standard InChI is InChI=1S/C14H14N4O2S/c15-14(16)10-7-18-13(8-17-10)21-9-2-3-11-12(6-9)20-5-1-4-19-11/h2-3,6-8H,1,4-5H2,(H3,15,16). The summed E-state index contributed by atoms with van der Waals surface area (Å²) in [4.78, 5) is 9.31. The molecular weight excluding hydrogens is 288 g/mol. The van der Waals surface area contributed by atoms with Crippen molar-refractivity contribution in [2.45, 2.75) is 16.3 Å². The molecule has 0 unspecified atom stereocenters. The van der Waals surface area contributed by atoms with E-state index in [2.05, 4.69) is 9.97 Å². The molecule has 0 aliphatic carbocycles. The lowest BCUT2D eigenvalue weighted by molar-refractivity contribution is 0.297. The Morgan fingerprint density at radius 1 is 1.14 bits per heavy atom. The van der Waals surface area contributed by atoms with E-state index in [0.717, 1.165) is 27.8 Å². The van der Waals surface area contributed by atoms with Crippen LogP contribution in [0.2, 0.25) is 0 Å². The number of rotatable bonds is 3. The van der Waals surface area contributed by atoms with Crippen LogP contribution in [-0.4, -0.2) is 29.0 Å². The lowest BCUT2D eigenvalue weighted by atomic mass is 10.3. The summed E-state index contributed by atoms with van der Waals surface area (Å²) in [5.41, 5.74) is 5.72. The largest absolute Gasteiger partial charge is 0.490 e. The van der Waals surface area contributed by atoms with Crippen LogP contribution in [0.15, 0.2) is 40.5 Å². The molecule has 0 bridgehead atoms. The van der Waals surface area contributed by atoms with Gasteiger partial charge in [0.05, 0.1) is 25.6 Å². The number of hydrogen-bond donors (Lipinski definition) is 2. The first-order chi connectivity index (χ1) is 10.2. The van der Waals surface area contributed by atoms with Crippen molar-refractivity contribution in [2.24, 2.45) is 5.73 Å². The number of nitrogens with two attached hydrogens (primary N) is 1. The van der Waals surface area contributed by atoms with E-state index < -0.39 is 0 Å². The molecule has 1 aromatic carbocycles. The van der Waals surface area contributed by atoms with Crippen molar-refractivity contribution in [3.63, 3.8) is 0 Å². The van der Waals surface area contributed by atoms with E-state index >= 15 is 0 Å². The van der Waals surface area contributed by atoms with Gasteiger partial charge in [-0.15, -0.1) is 0 Å². The van der Waals surface area contributed by atoms with Gasteiger partial charge in [0.1, 0.15) is 16.6 Å². The number of benzene rings is 1. The Hall–Kier alpha value is -2.28. The SMILES string of the molecule is N=C(N)c1cnc(Sc2ccc3c(c2)OCCCO3)cn1. The first-order valence-electron chi connectivity index (χ1n) is 6.46. The highest BCUT2D eigenvalue weighted by Crippen LogP contribution is 2.35. The second kappa shape index (κ2) is 6.01. The summed E-state index contributed by atoms with van der Waals surface area (Å²) in [6, 6.07) is 5.80. The van der Waals surface area contributed by atoms with Gasteiger partial charge in [-0.2, -0.15) is 0 Å². The highest BCUT2D eigenvalue weighted by molar-refractivity contribution is 7.99. The molecule has 6 nitrogen and oxygen atoms in total. The van der Waals surface area contributed by atoms with Crippen molar-refractivity contribution < 1.29 is 9.47 Å². The molecule has 0 fully saturated rings. The molecule has 2 aromatic rings. The van der Waals surface area contributed by atoms with Crippen LogP contribution in [0.4, 0.5) is 0 Å². The molecule has 0 atom stereocenters. The number of aromatic nitrogens is 2. The third-order valence-electron chi connectivity index (χ3n) is 2.85. The molecule has 0 spiro atoms. The topological polar surface area (TPSA) is 94.1 Å². The van der Waals surface area contributed by atoms with Crippen LogP contribution in [0, 0.1) is 5.41 Å². The maximum absolute atomic E-state index is 7.29. The number of amidine groups is 1. The van der Waals surface area contributed by atoms with Crippen LogP contribution in [-0.2, 0) is 0 Å². The van der Waals surface area contributed by atoms with Crippen molar-refractivity contribution in [1.29, 1.82) is 5.41 Å². The number of ether oxygens (including phenoxy) is 2. The van der Waals surface area contributed by atoms with Gasteiger partial charge in [-0.1, -0.05) is 11.8 Å². The van der Waals surface area contributed by atoms with E-state index in [0.29, 0.717) is 18.9 Å². The van der Waals surface area contributed by atoms with E-state index in [-0.39, 0.29) is 5.84 Å². The van der Waals surface area contributed by atoms with Crippen LogP contribution >= 0.6 is 11.8 Å². The van der Waals surface area contributed by atoms with Crippen molar-refractivity contribution >= 4 is 17.6 Å². The predicted octanol–water partition coefficient (Wildman–Crippen LogP) is 2.07. The average molecular weight is 302 g/mol. The van der Waals surface area contributed by atoms with E-state index in [1.807, 2.05) is 18.2 Å². The van der Waals surface area contributed by atoms with Gasteiger partial charge in [-0.05, 0) is 18.2 Å². The van der Waals surface area contributed by atoms with Gasteiger partial charge in [0, 0.05) is 11.3 Å². The third kappa shape index (κ3) is 3.25. The van der Waals surface area contributed by atoms with Crippen LogP contribution < -0.4 is 15.2 Å². The Morgan fingerprint density at radius 2 is 1.95 bits per heavy atom. The molecule has 1 aliphatic rings. The Bertz CT molecular complexity index is 661. The number of nitrogen functional groups attached to an aromatic ring is 1. The molecule has 0 radical (unpaired) electrons. The van der Waals surface area contributed by atoms with E-state index in [9.17, 15) is 0 Å². The molecule has 0 saturated carbocycles. The predicted molar refractivity (Wildman–Crippen MR) is 79.2 cm³/mol. The quantitative estimate of drug-likeness (QED) is 0.666. The maximum Gasteiger partial charge on any atom is 0.162 e. The van der Waals surface area contributed by atoms with Crippen molar-refractivity contribution in [3.05, 3.63) is 36.3 Å². The van der Waals surface area contributed by atoms with Gasteiger partial charge in [-0.3, -0.25) is 5.41 Å². The van der Waals surface area contributed by atoms with Crippen molar-refractivity contribution in [2.75, 3.05) is 13.2 Å².